The zero-order chi connectivity index (χ0) is 12.2. The standard InChI is InChI=1S/C11H17NO3S/c1-3-11(13)10-5-7-12(9-10)6-4-8-16(2,14)15/h5,7,9H,3-4,6,8H2,1-2H3. The first-order valence-corrected chi connectivity index (χ1v) is 7.35. The Bertz CT molecular complexity index is 459. The van der Waals surface area contributed by atoms with Gasteiger partial charge in [-0.3, -0.25) is 4.79 Å². The third-order valence-electron chi connectivity index (χ3n) is 2.33. The van der Waals surface area contributed by atoms with E-state index in [2.05, 4.69) is 0 Å². The number of carbonyl (C=O) groups is 1. The average Bonchev–Trinajstić information content (AvgIpc) is 2.63. The van der Waals surface area contributed by atoms with Crippen LogP contribution in [0.15, 0.2) is 18.5 Å². The molecule has 0 unspecified atom stereocenters. The van der Waals surface area contributed by atoms with Crippen molar-refractivity contribution in [1.29, 1.82) is 0 Å². The lowest BCUT2D eigenvalue weighted by Gasteiger charge is -2.01. The number of hydrogen-bond donors (Lipinski definition) is 0. The van der Waals surface area contributed by atoms with Gasteiger partial charge in [-0.05, 0) is 12.5 Å². The van der Waals surface area contributed by atoms with Crippen LogP contribution < -0.4 is 0 Å². The molecule has 4 nitrogen and oxygen atoms in total. The summed E-state index contributed by atoms with van der Waals surface area (Å²) in [5, 5.41) is 0. The van der Waals surface area contributed by atoms with Crippen LogP contribution >= 0.6 is 0 Å². The van der Waals surface area contributed by atoms with Crippen LogP contribution in [0.4, 0.5) is 0 Å². The summed E-state index contributed by atoms with van der Waals surface area (Å²) < 4.78 is 23.7. The Kier molecular flexibility index (Phi) is 4.29. The van der Waals surface area contributed by atoms with Gasteiger partial charge in [0, 0.05) is 37.2 Å². The summed E-state index contributed by atoms with van der Waals surface area (Å²) in [5.74, 6) is 0.296. The van der Waals surface area contributed by atoms with Crippen molar-refractivity contribution < 1.29 is 13.2 Å². The zero-order valence-electron chi connectivity index (χ0n) is 9.64. The number of nitrogens with zero attached hydrogens (tertiary/aromatic N) is 1. The fourth-order valence-electron chi connectivity index (χ4n) is 1.46. The summed E-state index contributed by atoms with van der Waals surface area (Å²) in [4.78, 5) is 11.4. The van der Waals surface area contributed by atoms with E-state index >= 15 is 0 Å². The second-order valence-corrected chi connectivity index (χ2v) is 6.16. The van der Waals surface area contributed by atoms with Gasteiger partial charge < -0.3 is 4.57 Å². The highest BCUT2D eigenvalue weighted by Gasteiger charge is 2.05. The van der Waals surface area contributed by atoms with Gasteiger partial charge in [-0.1, -0.05) is 6.92 Å². The number of hydrogen-bond acceptors (Lipinski definition) is 3. The minimum Gasteiger partial charge on any atom is -0.353 e. The van der Waals surface area contributed by atoms with E-state index in [1.54, 1.807) is 12.3 Å². The van der Waals surface area contributed by atoms with E-state index in [-0.39, 0.29) is 11.5 Å². The van der Waals surface area contributed by atoms with Crippen molar-refractivity contribution in [3.05, 3.63) is 24.0 Å². The SMILES string of the molecule is CCC(=O)c1ccn(CCCS(C)(=O)=O)c1. The molecule has 5 heteroatoms. The van der Waals surface area contributed by atoms with Gasteiger partial charge in [-0.2, -0.15) is 0 Å². The zero-order valence-corrected chi connectivity index (χ0v) is 10.5. The minimum atomic E-state index is -2.89. The van der Waals surface area contributed by atoms with Crippen LogP contribution in [0.1, 0.15) is 30.1 Å². The molecule has 90 valence electrons. The molecule has 0 atom stereocenters. The quantitative estimate of drug-likeness (QED) is 0.712. The fraction of sp³-hybridized carbons (Fsp3) is 0.545. The first-order valence-electron chi connectivity index (χ1n) is 5.29. The maximum Gasteiger partial charge on any atom is 0.164 e. The topological polar surface area (TPSA) is 56.1 Å². The van der Waals surface area contributed by atoms with Gasteiger partial charge in [0.05, 0.1) is 5.75 Å². The molecule has 0 saturated heterocycles. The van der Waals surface area contributed by atoms with E-state index in [1.807, 2.05) is 17.7 Å². The molecule has 1 aromatic rings. The van der Waals surface area contributed by atoms with Gasteiger partial charge >= 0.3 is 0 Å². The Morgan fingerprint density at radius 1 is 1.44 bits per heavy atom. The molecule has 0 N–H and O–H groups in total. The van der Waals surface area contributed by atoms with Gasteiger partial charge in [0.2, 0.25) is 0 Å². The summed E-state index contributed by atoms with van der Waals surface area (Å²) in [6, 6.07) is 1.77. The number of rotatable bonds is 6. The van der Waals surface area contributed by atoms with E-state index in [0.29, 0.717) is 24.9 Å². The fourth-order valence-corrected chi connectivity index (χ4v) is 2.11. The van der Waals surface area contributed by atoms with Crippen molar-refractivity contribution in [2.45, 2.75) is 26.3 Å². The molecule has 1 heterocycles. The maximum absolute atomic E-state index is 11.4. The highest BCUT2D eigenvalue weighted by Crippen LogP contribution is 2.05. The third kappa shape index (κ3) is 4.18. The highest BCUT2D eigenvalue weighted by atomic mass is 32.2. The molecule has 0 aliphatic rings. The van der Waals surface area contributed by atoms with Crippen molar-refractivity contribution in [2.75, 3.05) is 12.0 Å². The van der Waals surface area contributed by atoms with Crippen molar-refractivity contribution in [2.24, 2.45) is 0 Å². The van der Waals surface area contributed by atoms with Crippen LogP contribution in [0.3, 0.4) is 0 Å². The molecular formula is C11H17NO3S. The van der Waals surface area contributed by atoms with E-state index in [1.165, 1.54) is 6.26 Å². The summed E-state index contributed by atoms with van der Waals surface area (Å²) in [6.07, 6.45) is 5.88. The molecule has 0 spiro atoms. The molecule has 0 aliphatic carbocycles. The third-order valence-corrected chi connectivity index (χ3v) is 3.36. The molecule has 0 saturated carbocycles. The van der Waals surface area contributed by atoms with Gasteiger partial charge in [0.15, 0.2) is 5.78 Å². The van der Waals surface area contributed by atoms with Crippen molar-refractivity contribution in [1.82, 2.24) is 4.57 Å². The minimum absolute atomic E-state index is 0.113. The number of ketones is 1. The van der Waals surface area contributed by atoms with Crippen molar-refractivity contribution in [3.8, 4) is 0 Å². The number of carbonyl (C=O) groups excluding carboxylic acids is 1. The Morgan fingerprint density at radius 2 is 2.12 bits per heavy atom. The second kappa shape index (κ2) is 5.30. The summed E-state index contributed by atoms with van der Waals surface area (Å²) in [7, 11) is -2.89. The summed E-state index contributed by atoms with van der Waals surface area (Å²) in [5.41, 5.74) is 0.696. The van der Waals surface area contributed by atoms with Crippen LogP contribution in [0, 0.1) is 0 Å². The van der Waals surface area contributed by atoms with Gasteiger partial charge in [-0.15, -0.1) is 0 Å². The van der Waals surface area contributed by atoms with Crippen LogP contribution in [0.2, 0.25) is 0 Å². The summed E-state index contributed by atoms with van der Waals surface area (Å²) >= 11 is 0. The Labute approximate surface area is 96.2 Å². The number of aromatic nitrogens is 1. The molecule has 0 amide bonds. The number of aryl methyl sites for hydroxylation is 1. The van der Waals surface area contributed by atoms with Crippen molar-refractivity contribution >= 4 is 15.6 Å². The smallest absolute Gasteiger partial charge is 0.164 e. The average molecular weight is 243 g/mol. The Hall–Kier alpha value is -1.10. The normalized spacial score (nSPS) is 11.6. The van der Waals surface area contributed by atoms with Crippen molar-refractivity contribution in [3.63, 3.8) is 0 Å². The Balaban J connectivity index is 2.50. The largest absolute Gasteiger partial charge is 0.353 e. The van der Waals surface area contributed by atoms with E-state index in [9.17, 15) is 13.2 Å². The molecule has 0 radical (unpaired) electrons. The van der Waals surface area contributed by atoms with E-state index in [0.717, 1.165) is 0 Å². The monoisotopic (exact) mass is 243 g/mol. The van der Waals surface area contributed by atoms with Crippen LogP contribution in [-0.2, 0) is 16.4 Å². The van der Waals surface area contributed by atoms with Gasteiger partial charge in [0.25, 0.3) is 0 Å². The predicted molar refractivity (Wildman–Crippen MR) is 63.4 cm³/mol. The van der Waals surface area contributed by atoms with Gasteiger partial charge in [-0.25, -0.2) is 8.42 Å². The van der Waals surface area contributed by atoms with Crippen LogP contribution in [-0.4, -0.2) is 30.8 Å². The molecule has 0 bridgehead atoms. The Morgan fingerprint density at radius 3 is 2.69 bits per heavy atom. The highest BCUT2D eigenvalue weighted by molar-refractivity contribution is 7.90. The van der Waals surface area contributed by atoms with Crippen LogP contribution in [0.5, 0.6) is 0 Å². The first kappa shape index (κ1) is 13.0. The second-order valence-electron chi connectivity index (χ2n) is 3.90. The van der Waals surface area contributed by atoms with Gasteiger partial charge in [0.1, 0.15) is 9.84 Å². The number of sulfone groups is 1. The lowest BCUT2D eigenvalue weighted by Crippen LogP contribution is -2.06. The van der Waals surface area contributed by atoms with E-state index in [4.69, 9.17) is 0 Å². The molecule has 1 aromatic heterocycles. The van der Waals surface area contributed by atoms with E-state index < -0.39 is 9.84 Å². The molecule has 16 heavy (non-hydrogen) atoms. The molecular weight excluding hydrogens is 226 g/mol. The predicted octanol–water partition coefficient (Wildman–Crippen LogP) is 1.52. The molecule has 0 fully saturated rings. The first-order chi connectivity index (χ1) is 7.42. The lowest BCUT2D eigenvalue weighted by atomic mass is 10.2. The molecule has 0 aliphatic heterocycles. The lowest BCUT2D eigenvalue weighted by molar-refractivity contribution is 0.0988. The number of Topliss-reactive ketones (excluding diaryl/α,β-unsaturated/α-hetero) is 1. The maximum atomic E-state index is 11.4. The summed E-state index contributed by atoms with van der Waals surface area (Å²) in [6.45, 7) is 2.45. The van der Waals surface area contributed by atoms with Crippen LogP contribution in [0.25, 0.3) is 0 Å². The molecule has 0 aromatic carbocycles. The molecule has 1 rings (SSSR count).